The average molecular weight is 314 g/mol. The van der Waals surface area contributed by atoms with Crippen molar-refractivity contribution in [2.45, 2.75) is 19.9 Å². The molecule has 0 spiro atoms. The highest BCUT2D eigenvalue weighted by molar-refractivity contribution is 6.34. The normalized spacial score (nSPS) is 12.3. The van der Waals surface area contributed by atoms with Gasteiger partial charge in [-0.1, -0.05) is 23.2 Å². The Morgan fingerprint density at radius 1 is 1.10 bits per heavy atom. The molecule has 0 heterocycles. The van der Waals surface area contributed by atoms with Gasteiger partial charge in [-0.3, -0.25) is 0 Å². The molecule has 20 heavy (non-hydrogen) atoms. The summed E-state index contributed by atoms with van der Waals surface area (Å²) in [5.74, 6) is 0.668. The molecule has 0 saturated heterocycles. The summed E-state index contributed by atoms with van der Waals surface area (Å²) < 4.78 is 19.4. The second-order valence-corrected chi connectivity index (χ2v) is 5.51. The van der Waals surface area contributed by atoms with Crippen molar-refractivity contribution in [1.29, 1.82) is 0 Å². The Hall–Kier alpha value is -1.29. The molecule has 0 fully saturated rings. The Kier molecular flexibility index (Phi) is 4.53. The van der Waals surface area contributed by atoms with Gasteiger partial charge in [0.25, 0.3) is 0 Å². The molecule has 2 aromatic carbocycles. The van der Waals surface area contributed by atoms with Crippen LogP contribution in [0.15, 0.2) is 30.3 Å². The Morgan fingerprint density at radius 3 is 2.25 bits per heavy atom. The summed E-state index contributed by atoms with van der Waals surface area (Å²) >= 11 is 11.9. The molecule has 0 aliphatic heterocycles. The summed E-state index contributed by atoms with van der Waals surface area (Å²) in [6, 6.07) is 7.53. The molecular weight excluding hydrogens is 300 g/mol. The minimum Gasteiger partial charge on any atom is -0.457 e. The van der Waals surface area contributed by atoms with Crippen molar-refractivity contribution >= 4 is 23.2 Å². The molecular formula is C15H14Cl2FNO. The summed E-state index contributed by atoms with van der Waals surface area (Å²) in [4.78, 5) is 0. The van der Waals surface area contributed by atoms with E-state index in [4.69, 9.17) is 33.7 Å². The lowest BCUT2D eigenvalue weighted by molar-refractivity contribution is 0.468. The van der Waals surface area contributed by atoms with Gasteiger partial charge in [0.1, 0.15) is 17.3 Å². The van der Waals surface area contributed by atoms with Gasteiger partial charge in [0.15, 0.2) is 0 Å². The summed E-state index contributed by atoms with van der Waals surface area (Å²) in [6.07, 6.45) is 0. The summed E-state index contributed by atoms with van der Waals surface area (Å²) in [5.41, 5.74) is 6.92. The fraction of sp³-hybridized carbons (Fsp3) is 0.200. The van der Waals surface area contributed by atoms with Gasteiger partial charge in [0.2, 0.25) is 0 Å². The van der Waals surface area contributed by atoms with E-state index in [0.717, 1.165) is 0 Å². The highest BCUT2D eigenvalue weighted by atomic mass is 35.5. The maximum Gasteiger partial charge on any atom is 0.132 e. The number of aryl methyl sites for hydroxylation is 1. The van der Waals surface area contributed by atoms with Crippen LogP contribution in [0.3, 0.4) is 0 Å². The number of hydrogen-bond acceptors (Lipinski definition) is 2. The van der Waals surface area contributed by atoms with Crippen LogP contribution < -0.4 is 10.5 Å². The predicted molar refractivity (Wildman–Crippen MR) is 80.3 cm³/mol. The van der Waals surface area contributed by atoms with Crippen molar-refractivity contribution in [3.05, 3.63) is 57.3 Å². The van der Waals surface area contributed by atoms with E-state index in [1.54, 1.807) is 38.1 Å². The second kappa shape index (κ2) is 6.00. The molecule has 0 aliphatic rings. The number of benzene rings is 2. The SMILES string of the molecule is Cc1cc(Oc2cc(Cl)cc(Cl)c2)c([C@H](C)N)cc1F. The van der Waals surface area contributed by atoms with Gasteiger partial charge in [-0.2, -0.15) is 0 Å². The standard InChI is InChI=1S/C15H14Cl2FNO/c1-8-3-15(13(9(2)19)7-14(8)18)20-12-5-10(16)4-11(17)6-12/h3-7,9H,19H2,1-2H3/t9-/m0/s1. The number of nitrogens with two attached hydrogens (primary N) is 1. The largest absolute Gasteiger partial charge is 0.457 e. The molecule has 106 valence electrons. The van der Waals surface area contributed by atoms with E-state index < -0.39 is 0 Å². The zero-order chi connectivity index (χ0) is 14.9. The first-order valence-electron chi connectivity index (χ1n) is 6.06. The average Bonchev–Trinajstić information content (AvgIpc) is 2.31. The molecule has 2 aromatic rings. The lowest BCUT2D eigenvalue weighted by Crippen LogP contribution is -2.08. The number of rotatable bonds is 3. The minimum absolute atomic E-state index is 0.311. The van der Waals surface area contributed by atoms with Gasteiger partial charge in [-0.15, -0.1) is 0 Å². The first kappa shape index (κ1) is 15.1. The molecule has 0 aliphatic carbocycles. The Morgan fingerprint density at radius 2 is 1.70 bits per heavy atom. The highest BCUT2D eigenvalue weighted by Gasteiger charge is 2.13. The number of hydrogen-bond donors (Lipinski definition) is 1. The van der Waals surface area contributed by atoms with Crippen LogP contribution in [0.4, 0.5) is 4.39 Å². The lowest BCUT2D eigenvalue weighted by atomic mass is 10.1. The van der Waals surface area contributed by atoms with E-state index in [2.05, 4.69) is 0 Å². The van der Waals surface area contributed by atoms with Gasteiger partial charge >= 0.3 is 0 Å². The lowest BCUT2D eigenvalue weighted by Gasteiger charge is -2.15. The van der Waals surface area contributed by atoms with Crippen molar-refractivity contribution in [1.82, 2.24) is 0 Å². The third-order valence-corrected chi connectivity index (χ3v) is 3.28. The van der Waals surface area contributed by atoms with E-state index in [1.165, 1.54) is 6.07 Å². The van der Waals surface area contributed by atoms with Crippen LogP contribution in [-0.4, -0.2) is 0 Å². The van der Waals surface area contributed by atoms with Gasteiger partial charge in [-0.25, -0.2) is 4.39 Å². The maximum atomic E-state index is 13.6. The molecule has 2 nitrogen and oxygen atoms in total. The quantitative estimate of drug-likeness (QED) is 0.839. The monoisotopic (exact) mass is 313 g/mol. The third-order valence-electron chi connectivity index (χ3n) is 2.85. The Bertz CT molecular complexity index is 624. The number of halogens is 3. The van der Waals surface area contributed by atoms with Gasteiger partial charge in [0.05, 0.1) is 0 Å². The zero-order valence-electron chi connectivity index (χ0n) is 11.1. The van der Waals surface area contributed by atoms with Gasteiger partial charge in [-0.05, 0) is 49.7 Å². The van der Waals surface area contributed by atoms with E-state index in [9.17, 15) is 4.39 Å². The van der Waals surface area contributed by atoms with E-state index >= 15 is 0 Å². The van der Waals surface area contributed by atoms with Crippen LogP contribution >= 0.6 is 23.2 Å². The van der Waals surface area contributed by atoms with Gasteiger partial charge in [0, 0.05) is 21.7 Å². The van der Waals surface area contributed by atoms with Crippen molar-refractivity contribution < 1.29 is 9.13 Å². The van der Waals surface area contributed by atoms with E-state index in [0.29, 0.717) is 32.7 Å². The van der Waals surface area contributed by atoms with Crippen LogP contribution in [0, 0.1) is 12.7 Å². The Labute approximate surface area is 127 Å². The molecule has 0 aromatic heterocycles. The highest BCUT2D eigenvalue weighted by Crippen LogP contribution is 2.33. The topological polar surface area (TPSA) is 35.2 Å². The second-order valence-electron chi connectivity index (χ2n) is 4.64. The van der Waals surface area contributed by atoms with E-state index in [-0.39, 0.29) is 11.9 Å². The van der Waals surface area contributed by atoms with Crippen molar-refractivity contribution in [3.63, 3.8) is 0 Å². The van der Waals surface area contributed by atoms with Gasteiger partial charge < -0.3 is 10.5 Å². The molecule has 2 rings (SSSR count). The maximum absolute atomic E-state index is 13.6. The van der Waals surface area contributed by atoms with Crippen molar-refractivity contribution in [2.24, 2.45) is 5.73 Å². The summed E-state index contributed by atoms with van der Waals surface area (Å²) in [5, 5.41) is 0.933. The molecule has 0 radical (unpaired) electrons. The van der Waals surface area contributed by atoms with Crippen LogP contribution in [0.25, 0.3) is 0 Å². The Balaban J connectivity index is 2.44. The van der Waals surface area contributed by atoms with Crippen molar-refractivity contribution in [3.8, 4) is 11.5 Å². The molecule has 0 bridgehead atoms. The molecule has 5 heteroatoms. The van der Waals surface area contributed by atoms with Crippen LogP contribution in [0.1, 0.15) is 24.1 Å². The van der Waals surface area contributed by atoms with Crippen LogP contribution in [-0.2, 0) is 0 Å². The summed E-state index contributed by atoms with van der Waals surface area (Å²) in [7, 11) is 0. The summed E-state index contributed by atoms with van der Waals surface area (Å²) in [6.45, 7) is 3.43. The van der Waals surface area contributed by atoms with E-state index in [1.807, 2.05) is 0 Å². The zero-order valence-corrected chi connectivity index (χ0v) is 12.6. The predicted octanol–water partition coefficient (Wildman–Crippen LogP) is 5.25. The molecule has 1 atom stereocenters. The first-order valence-corrected chi connectivity index (χ1v) is 6.82. The van der Waals surface area contributed by atoms with Crippen LogP contribution in [0.2, 0.25) is 10.0 Å². The minimum atomic E-state index is -0.352. The smallest absolute Gasteiger partial charge is 0.132 e. The molecule has 0 amide bonds. The molecule has 0 unspecified atom stereocenters. The fourth-order valence-electron chi connectivity index (χ4n) is 1.83. The molecule has 2 N–H and O–H groups in total. The first-order chi connectivity index (χ1) is 9.36. The molecule has 0 saturated carbocycles. The van der Waals surface area contributed by atoms with Crippen molar-refractivity contribution in [2.75, 3.05) is 0 Å². The third kappa shape index (κ3) is 3.42. The fourth-order valence-corrected chi connectivity index (χ4v) is 2.34. The number of ether oxygens (including phenoxy) is 1. The van der Waals surface area contributed by atoms with Crippen LogP contribution in [0.5, 0.6) is 11.5 Å².